The lowest BCUT2D eigenvalue weighted by Crippen LogP contribution is -2.30. The SMILES string of the molecule is CC(C)(O)C(=O)c1ccc(OCCOC(=O)c2ccc(C=O)cc2)cc1. The highest BCUT2D eigenvalue weighted by Gasteiger charge is 2.24. The second-order valence-corrected chi connectivity index (χ2v) is 6.14. The molecule has 0 aliphatic heterocycles. The summed E-state index contributed by atoms with van der Waals surface area (Å²) in [5, 5.41) is 9.71. The van der Waals surface area contributed by atoms with Crippen LogP contribution in [-0.2, 0) is 4.74 Å². The molecule has 0 aliphatic rings. The molecular formula is C20H20O6. The summed E-state index contributed by atoms with van der Waals surface area (Å²) >= 11 is 0. The zero-order chi connectivity index (χ0) is 19.2. The molecule has 0 saturated carbocycles. The molecule has 136 valence electrons. The molecular weight excluding hydrogens is 336 g/mol. The van der Waals surface area contributed by atoms with Crippen LogP contribution in [0.4, 0.5) is 0 Å². The van der Waals surface area contributed by atoms with Gasteiger partial charge in [-0.1, -0.05) is 12.1 Å². The van der Waals surface area contributed by atoms with Crippen molar-refractivity contribution in [2.24, 2.45) is 0 Å². The Morgan fingerprint density at radius 3 is 2.08 bits per heavy atom. The van der Waals surface area contributed by atoms with Crippen LogP contribution in [0.25, 0.3) is 0 Å². The lowest BCUT2D eigenvalue weighted by Gasteiger charge is -2.15. The van der Waals surface area contributed by atoms with Crippen LogP contribution in [0.1, 0.15) is 44.9 Å². The number of ketones is 1. The van der Waals surface area contributed by atoms with Crippen LogP contribution in [0.3, 0.4) is 0 Å². The van der Waals surface area contributed by atoms with Gasteiger partial charge in [0.05, 0.1) is 5.56 Å². The minimum Gasteiger partial charge on any atom is -0.490 e. The Labute approximate surface area is 151 Å². The van der Waals surface area contributed by atoms with Gasteiger partial charge in [-0.25, -0.2) is 4.79 Å². The van der Waals surface area contributed by atoms with Crippen LogP contribution in [0, 0.1) is 0 Å². The van der Waals surface area contributed by atoms with Gasteiger partial charge in [0.1, 0.15) is 30.9 Å². The van der Waals surface area contributed by atoms with Crippen LogP contribution in [0.2, 0.25) is 0 Å². The molecule has 0 heterocycles. The first-order chi connectivity index (χ1) is 12.3. The highest BCUT2D eigenvalue weighted by Crippen LogP contribution is 2.17. The Balaban J connectivity index is 1.79. The zero-order valence-electron chi connectivity index (χ0n) is 14.6. The minimum absolute atomic E-state index is 0.0542. The van der Waals surface area contributed by atoms with Crippen molar-refractivity contribution in [3.05, 3.63) is 65.2 Å². The summed E-state index contributed by atoms with van der Waals surface area (Å²) in [5.74, 6) is -0.362. The second kappa shape index (κ2) is 8.40. The molecule has 0 aliphatic carbocycles. The van der Waals surface area contributed by atoms with Gasteiger partial charge >= 0.3 is 5.97 Å². The normalized spacial score (nSPS) is 10.9. The molecule has 0 unspecified atom stereocenters. The quantitative estimate of drug-likeness (QED) is 0.338. The zero-order valence-corrected chi connectivity index (χ0v) is 14.6. The Hall–Kier alpha value is -2.99. The van der Waals surface area contributed by atoms with E-state index in [-0.39, 0.29) is 19.0 Å². The fraction of sp³-hybridized carbons (Fsp3) is 0.250. The van der Waals surface area contributed by atoms with Crippen molar-refractivity contribution >= 4 is 18.0 Å². The second-order valence-electron chi connectivity index (χ2n) is 6.14. The molecule has 0 bridgehead atoms. The van der Waals surface area contributed by atoms with Gasteiger partial charge in [0, 0.05) is 11.1 Å². The van der Waals surface area contributed by atoms with E-state index in [0.717, 1.165) is 0 Å². The minimum atomic E-state index is -1.43. The number of carbonyl (C=O) groups excluding carboxylic acids is 3. The predicted octanol–water partition coefficient (Wildman–Crippen LogP) is 2.69. The number of benzene rings is 2. The molecule has 2 rings (SSSR count). The first-order valence-electron chi connectivity index (χ1n) is 8.03. The van der Waals surface area contributed by atoms with Crippen molar-refractivity contribution in [1.82, 2.24) is 0 Å². The summed E-state index contributed by atoms with van der Waals surface area (Å²) in [6.45, 7) is 3.07. The smallest absolute Gasteiger partial charge is 0.338 e. The third-order valence-electron chi connectivity index (χ3n) is 3.54. The van der Waals surface area contributed by atoms with E-state index >= 15 is 0 Å². The molecule has 2 aromatic carbocycles. The molecule has 6 heteroatoms. The molecule has 0 radical (unpaired) electrons. The maximum atomic E-state index is 11.9. The van der Waals surface area contributed by atoms with Crippen molar-refractivity contribution in [3.63, 3.8) is 0 Å². The van der Waals surface area contributed by atoms with Crippen molar-refractivity contribution in [2.45, 2.75) is 19.4 Å². The lowest BCUT2D eigenvalue weighted by atomic mass is 9.97. The Kier molecular flexibility index (Phi) is 6.25. The third kappa shape index (κ3) is 5.26. The van der Waals surface area contributed by atoms with Crippen LogP contribution in [0.15, 0.2) is 48.5 Å². The van der Waals surface area contributed by atoms with Crippen LogP contribution < -0.4 is 4.74 Å². The third-order valence-corrected chi connectivity index (χ3v) is 3.54. The van der Waals surface area contributed by atoms with E-state index in [1.807, 2.05) is 0 Å². The van der Waals surface area contributed by atoms with Gasteiger partial charge < -0.3 is 14.6 Å². The van der Waals surface area contributed by atoms with E-state index < -0.39 is 11.6 Å². The summed E-state index contributed by atoms with van der Waals surface area (Å²) in [6, 6.07) is 12.5. The molecule has 1 N–H and O–H groups in total. The van der Waals surface area contributed by atoms with Crippen LogP contribution in [-0.4, -0.2) is 42.0 Å². The van der Waals surface area contributed by atoms with Crippen LogP contribution >= 0.6 is 0 Å². The molecule has 0 amide bonds. The first-order valence-corrected chi connectivity index (χ1v) is 8.03. The number of aldehydes is 1. The number of rotatable bonds is 8. The number of Topliss-reactive ketones (excluding diaryl/α,β-unsaturated/α-hetero) is 1. The van der Waals surface area contributed by atoms with Crippen molar-refractivity contribution in [1.29, 1.82) is 0 Å². The molecule has 2 aromatic rings. The maximum absolute atomic E-state index is 11.9. The number of carbonyl (C=O) groups is 3. The van der Waals surface area contributed by atoms with Gasteiger partial charge in [-0.3, -0.25) is 9.59 Å². The van der Waals surface area contributed by atoms with Crippen LogP contribution in [0.5, 0.6) is 5.75 Å². The van der Waals surface area contributed by atoms with E-state index in [1.165, 1.54) is 38.1 Å². The Morgan fingerprint density at radius 1 is 0.962 bits per heavy atom. The standard InChI is InChI=1S/C20H20O6/c1-20(2,24)18(22)15-7-9-17(10-8-15)25-11-12-26-19(23)16-5-3-14(13-21)4-6-16/h3-10,13,24H,11-12H2,1-2H3. The molecule has 26 heavy (non-hydrogen) atoms. The number of ether oxygens (including phenoxy) is 2. The van der Waals surface area contributed by atoms with E-state index in [0.29, 0.717) is 28.7 Å². The molecule has 0 atom stereocenters. The van der Waals surface area contributed by atoms with E-state index in [4.69, 9.17) is 9.47 Å². The fourth-order valence-corrected chi connectivity index (χ4v) is 2.13. The topological polar surface area (TPSA) is 89.9 Å². The van der Waals surface area contributed by atoms with Gasteiger partial charge in [0.15, 0.2) is 5.78 Å². The number of hydrogen-bond donors (Lipinski definition) is 1. The van der Waals surface area contributed by atoms with Gasteiger partial charge in [-0.15, -0.1) is 0 Å². The van der Waals surface area contributed by atoms with Gasteiger partial charge in [-0.2, -0.15) is 0 Å². The summed E-state index contributed by atoms with van der Waals surface area (Å²) in [6.07, 6.45) is 0.698. The number of hydrogen-bond acceptors (Lipinski definition) is 6. The first kappa shape index (κ1) is 19.3. The Morgan fingerprint density at radius 2 is 1.54 bits per heavy atom. The van der Waals surface area contributed by atoms with Gasteiger partial charge in [0.2, 0.25) is 0 Å². The van der Waals surface area contributed by atoms with E-state index in [2.05, 4.69) is 0 Å². The van der Waals surface area contributed by atoms with E-state index in [9.17, 15) is 19.5 Å². The fourth-order valence-electron chi connectivity index (χ4n) is 2.13. The maximum Gasteiger partial charge on any atom is 0.338 e. The summed E-state index contributed by atoms with van der Waals surface area (Å²) < 4.78 is 10.5. The molecule has 0 saturated heterocycles. The van der Waals surface area contributed by atoms with Gasteiger partial charge in [0.25, 0.3) is 0 Å². The predicted molar refractivity (Wildman–Crippen MR) is 94.7 cm³/mol. The Bertz CT molecular complexity index is 769. The average molecular weight is 356 g/mol. The van der Waals surface area contributed by atoms with E-state index in [1.54, 1.807) is 24.3 Å². The molecule has 0 fully saturated rings. The highest BCUT2D eigenvalue weighted by atomic mass is 16.6. The average Bonchev–Trinajstić information content (AvgIpc) is 2.64. The summed E-state index contributed by atoms with van der Waals surface area (Å²) in [4.78, 5) is 34.3. The largest absolute Gasteiger partial charge is 0.490 e. The van der Waals surface area contributed by atoms with Gasteiger partial charge in [-0.05, 0) is 50.2 Å². The van der Waals surface area contributed by atoms with Crippen molar-refractivity contribution in [3.8, 4) is 5.75 Å². The molecule has 0 aromatic heterocycles. The number of aliphatic hydroxyl groups is 1. The lowest BCUT2D eigenvalue weighted by molar-refractivity contribution is 0.0449. The van der Waals surface area contributed by atoms with Crippen molar-refractivity contribution < 1.29 is 29.0 Å². The summed E-state index contributed by atoms with van der Waals surface area (Å²) in [5.41, 5.74) is -0.211. The monoisotopic (exact) mass is 356 g/mol. The van der Waals surface area contributed by atoms with Crippen molar-refractivity contribution in [2.75, 3.05) is 13.2 Å². The summed E-state index contributed by atoms with van der Waals surface area (Å²) in [7, 11) is 0. The number of esters is 1. The highest BCUT2D eigenvalue weighted by molar-refractivity contribution is 6.01. The molecule has 6 nitrogen and oxygen atoms in total. The molecule has 0 spiro atoms.